The highest BCUT2D eigenvalue weighted by molar-refractivity contribution is 7.98. The monoisotopic (exact) mass is 239 g/mol. The highest BCUT2D eigenvalue weighted by atomic mass is 32.2. The molecule has 0 amide bonds. The molecule has 0 saturated heterocycles. The number of quaternary nitrogens is 1. The summed E-state index contributed by atoms with van der Waals surface area (Å²) >= 11 is 3.64. The van der Waals surface area contributed by atoms with Crippen LogP contribution < -0.4 is 5.73 Å². The van der Waals surface area contributed by atoms with Crippen LogP contribution in [0.3, 0.4) is 0 Å². The highest BCUT2D eigenvalue weighted by Crippen LogP contribution is 2.26. The largest absolute Gasteiger partial charge is 0.349 e. The maximum atomic E-state index is 4.61. The van der Waals surface area contributed by atoms with Crippen molar-refractivity contribution in [1.82, 2.24) is 4.98 Å². The molecule has 0 bridgehead atoms. The lowest BCUT2D eigenvalue weighted by atomic mass is 10.2. The van der Waals surface area contributed by atoms with E-state index in [0.29, 0.717) is 6.04 Å². The van der Waals surface area contributed by atoms with Gasteiger partial charge in [0.05, 0.1) is 10.2 Å². The van der Waals surface area contributed by atoms with E-state index in [4.69, 9.17) is 0 Å². The van der Waals surface area contributed by atoms with Gasteiger partial charge >= 0.3 is 0 Å². The second-order valence-electron chi connectivity index (χ2n) is 3.50. The summed E-state index contributed by atoms with van der Waals surface area (Å²) in [6, 6.07) is 8.62. The van der Waals surface area contributed by atoms with E-state index in [1.54, 1.807) is 11.3 Å². The van der Waals surface area contributed by atoms with E-state index in [1.807, 2.05) is 17.8 Å². The number of aromatic nitrogens is 1. The van der Waals surface area contributed by atoms with Crippen molar-refractivity contribution in [1.29, 1.82) is 0 Å². The Morgan fingerprint density at radius 1 is 1.47 bits per heavy atom. The van der Waals surface area contributed by atoms with Crippen LogP contribution in [0.1, 0.15) is 17.5 Å². The van der Waals surface area contributed by atoms with E-state index in [1.165, 1.54) is 9.71 Å². The van der Waals surface area contributed by atoms with Crippen LogP contribution in [0.4, 0.5) is 0 Å². The van der Waals surface area contributed by atoms with Crippen molar-refractivity contribution in [2.45, 2.75) is 12.5 Å². The van der Waals surface area contributed by atoms with Crippen molar-refractivity contribution >= 4 is 33.3 Å². The number of thioether (sulfide) groups is 1. The fourth-order valence-electron chi connectivity index (χ4n) is 1.45. The average Bonchev–Trinajstić information content (AvgIpc) is 2.69. The molecule has 2 nitrogen and oxygen atoms in total. The van der Waals surface area contributed by atoms with Crippen LogP contribution in [0.25, 0.3) is 10.2 Å². The minimum atomic E-state index is 0.342. The van der Waals surface area contributed by atoms with Crippen LogP contribution in [0, 0.1) is 0 Å². The number of hydrogen-bond donors (Lipinski definition) is 1. The van der Waals surface area contributed by atoms with Gasteiger partial charge in [0.25, 0.3) is 0 Å². The van der Waals surface area contributed by atoms with Gasteiger partial charge in [-0.05, 0) is 24.1 Å². The van der Waals surface area contributed by atoms with Crippen LogP contribution >= 0.6 is 23.1 Å². The van der Waals surface area contributed by atoms with Crippen LogP contribution in [0.5, 0.6) is 0 Å². The SMILES string of the molecule is CSCC[C@H]([NH3+])c1nc2ccccc2s1. The Bertz CT molecular complexity index is 406. The van der Waals surface area contributed by atoms with Gasteiger partial charge in [-0.25, -0.2) is 4.98 Å². The van der Waals surface area contributed by atoms with Gasteiger partial charge < -0.3 is 5.73 Å². The number of benzene rings is 1. The molecule has 4 heteroatoms. The van der Waals surface area contributed by atoms with Crippen molar-refractivity contribution in [3.63, 3.8) is 0 Å². The zero-order valence-electron chi connectivity index (χ0n) is 8.77. The molecule has 0 aliphatic rings. The zero-order chi connectivity index (χ0) is 10.7. The summed E-state index contributed by atoms with van der Waals surface area (Å²) in [7, 11) is 0. The third-order valence-electron chi connectivity index (χ3n) is 2.33. The quantitative estimate of drug-likeness (QED) is 0.889. The zero-order valence-corrected chi connectivity index (χ0v) is 10.4. The lowest BCUT2D eigenvalue weighted by molar-refractivity contribution is -0.426. The normalized spacial score (nSPS) is 13.2. The van der Waals surface area contributed by atoms with Crippen molar-refractivity contribution in [3.05, 3.63) is 29.3 Å². The third kappa shape index (κ3) is 2.51. The molecule has 1 atom stereocenters. The van der Waals surface area contributed by atoms with E-state index in [2.05, 4.69) is 35.2 Å². The van der Waals surface area contributed by atoms with Crippen LogP contribution in [-0.2, 0) is 0 Å². The molecule has 0 spiro atoms. The molecule has 0 aliphatic heterocycles. The average molecular weight is 239 g/mol. The van der Waals surface area contributed by atoms with E-state index in [0.717, 1.165) is 17.7 Å². The van der Waals surface area contributed by atoms with Gasteiger partial charge in [-0.15, -0.1) is 11.3 Å². The molecule has 0 unspecified atom stereocenters. The standard InChI is InChI=1S/C11H14N2S2/c1-14-7-6-8(12)11-13-9-4-2-3-5-10(9)15-11/h2-5,8H,6-7,12H2,1H3/p+1/t8-/m0/s1. The maximum Gasteiger partial charge on any atom is 0.151 e. The topological polar surface area (TPSA) is 40.5 Å². The summed E-state index contributed by atoms with van der Waals surface area (Å²) in [5.74, 6) is 1.16. The number of nitrogens with zero attached hydrogens (tertiary/aromatic N) is 1. The molecule has 3 N–H and O–H groups in total. The Balaban J connectivity index is 2.20. The number of fused-ring (bicyclic) bond motifs is 1. The second kappa shape index (κ2) is 4.96. The molecule has 2 aromatic rings. The predicted molar refractivity (Wildman–Crippen MR) is 68.2 cm³/mol. The van der Waals surface area contributed by atoms with E-state index in [9.17, 15) is 0 Å². The first-order valence-electron chi connectivity index (χ1n) is 4.98. The van der Waals surface area contributed by atoms with Crippen LogP contribution in [0.15, 0.2) is 24.3 Å². The molecule has 0 fully saturated rings. The number of rotatable bonds is 4. The smallest absolute Gasteiger partial charge is 0.151 e. The van der Waals surface area contributed by atoms with Gasteiger partial charge in [0.1, 0.15) is 6.04 Å². The molecule has 0 saturated carbocycles. The van der Waals surface area contributed by atoms with Gasteiger partial charge in [0.2, 0.25) is 0 Å². The van der Waals surface area contributed by atoms with Crippen LogP contribution in [-0.4, -0.2) is 17.0 Å². The number of hydrogen-bond acceptors (Lipinski definition) is 3. The van der Waals surface area contributed by atoms with Gasteiger partial charge in [0, 0.05) is 6.42 Å². The molecule has 2 rings (SSSR count). The van der Waals surface area contributed by atoms with Crippen molar-refractivity contribution in [2.24, 2.45) is 0 Å². The van der Waals surface area contributed by atoms with Gasteiger partial charge in [0.15, 0.2) is 5.01 Å². The minimum absolute atomic E-state index is 0.342. The summed E-state index contributed by atoms with van der Waals surface area (Å²) in [5.41, 5.74) is 5.28. The molecule has 0 aliphatic carbocycles. The first kappa shape index (κ1) is 10.9. The van der Waals surface area contributed by atoms with Crippen LogP contribution in [0.2, 0.25) is 0 Å². The first-order chi connectivity index (χ1) is 7.31. The molecule has 80 valence electrons. The molecular weight excluding hydrogens is 224 g/mol. The Morgan fingerprint density at radius 2 is 2.27 bits per heavy atom. The lowest BCUT2D eigenvalue weighted by Crippen LogP contribution is -2.53. The van der Waals surface area contributed by atoms with E-state index >= 15 is 0 Å². The Hall–Kier alpha value is -0.580. The lowest BCUT2D eigenvalue weighted by Gasteiger charge is -2.02. The maximum absolute atomic E-state index is 4.61. The Labute approximate surface area is 97.9 Å². The molecule has 0 radical (unpaired) electrons. The number of para-hydroxylation sites is 1. The van der Waals surface area contributed by atoms with Crippen molar-refractivity contribution in [3.8, 4) is 0 Å². The summed E-state index contributed by atoms with van der Waals surface area (Å²) < 4.78 is 1.27. The Kier molecular flexibility index (Phi) is 3.61. The molecule has 15 heavy (non-hydrogen) atoms. The predicted octanol–water partition coefficient (Wildman–Crippen LogP) is 2.33. The number of thiazole rings is 1. The first-order valence-corrected chi connectivity index (χ1v) is 7.20. The van der Waals surface area contributed by atoms with Gasteiger partial charge in [-0.1, -0.05) is 12.1 Å². The fourth-order valence-corrected chi connectivity index (χ4v) is 2.99. The highest BCUT2D eigenvalue weighted by Gasteiger charge is 2.14. The summed E-state index contributed by atoms with van der Waals surface area (Å²) in [6.07, 6.45) is 3.24. The second-order valence-corrected chi connectivity index (χ2v) is 5.55. The molecule has 1 aromatic heterocycles. The molecular formula is C11H15N2S2+. The molecule has 1 aromatic carbocycles. The third-order valence-corrected chi connectivity index (χ3v) is 4.17. The van der Waals surface area contributed by atoms with Crippen molar-refractivity contribution in [2.75, 3.05) is 12.0 Å². The van der Waals surface area contributed by atoms with E-state index in [-0.39, 0.29) is 0 Å². The summed E-state index contributed by atoms with van der Waals surface area (Å²) in [6.45, 7) is 0. The van der Waals surface area contributed by atoms with Gasteiger partial charge in [-0.2, -0.15) is 11.8 Å². The van der Waals surface area contributed by atoms with E-state index < -0.39 is 0 Å². The Morgan fingerprint density at radius 3 is 3.00 bits per heavy atom. The summed E-state index contributed by atoms with van der Waals surface area (Å²) in [4.78, 5) is 4.61. The molecule has 1 heterocycles. The van der Waals surface area contributed by atoms with Gasteiger partial charge in [-0.3, -0.25) is 0 Å². The minimum Gasteiger partial charge on any atom is -0.349 e. The fraction of sp³-hybridized carbons (Fsp3) is 0.364. The van der Waals surface area contributed by atoms with Crippen molar-refractivity contribution < 1.29 is 5.73 Å². The summed E-state index contributed by atoms with van der Waals surface area (Å²) in [5, 5.41) is 1.17.